The van der Waals surface area contributed by atoms with Gasteiger partial charge in [0, 0.05) is 25.8 Å². The number of benzene rings is 2. The maximum Gasteiger partial charge on any atom is 0.121 e. The third kappa shape index (κ3) is 4.50. The molecular weight excluding hydrogens is 260 g/mol. The van der Waals surface area contributed by atoms with Crippen molar-refractivity contribution < 1.29 is 4.74 Å². The lowest BCUT2D eigenvalue weighted by molar-refractivity contribution is 0.298. The van der Waals surface area contributed by atoms with Gasteiger partial charge in [-0.05, 0) is 36.6 Å². The zero-order chi connectivity index (χ0) is 15.1. The summed E-state index contributed by atoms with van der Waals surface area (Å²) in [6, 6.07) is 18.5. The summed E-state index contributed by atoms with van der Waals surface area (Å²) in [6.07, 6.45) is 0.923. The van der Waals surface area contributed by atoms with Gasteiger partial charge < -0.3 is 15.4 Å². The Morgan fingerprint density at radius 3 is 2.48 bits per heavy atom. The van der Waals surface area contributed by atoms with Crippen LogP contribution in [-0.4, -0.2) is 27.2 Å². The second kappa shape index (κ2) is 7.70. The lowest BCUT2D eigenvalue weighted by Gasteiger charge is -2.17. The lowest BCUT2D eigenvalue weighted by Crippen LogP contribution is -2.15. The number of nitrogens with two attached hydrogens (primary N) is 1. The van der Waals surface area contributed by atoms with Crippen molar-refractivity contribution in [3.63, 3.8) is 0 Å². The summed E-state index contributed by atoms with van der Waals surface area (Å²) in [4.78, 5) is 2.07. The van der Waals surface area contributed by atoms with Gasteiger partial charge in [0.15, 0.2) is 0 Å². The number of nitrogens with zero attached hydrogens (tertiary/aromatic N) is 1. The molecular formula is C18H24N2O. The summed E-state index contributed by atoms with van der Waals surface area (Å²) in [6.45, 7) is 1.32. The van der Waals surface area contributed by atoms with E-state index in [1.807, 2.05) is 32.3 Å². The normalized spacial score (nSPS) is 12.0. The highest BCUT2D eigenvalue weighted by molar-refractivity contribution is 5.49. The molecule has 0 spiro atoms. The number of hydrogen-bond acceptors (Lipinski definition) is 3. The van der Waals surface area contributed by atoms with Crippen molar-refractivity contribution in [2.45, 2.75) is 12.3 Å². The molecule has 2 N–H and O–H groups in total. The lowest BCUT2D eigenvalue weighted by atomic mass is 9.96. The molecule has 1 unspecified atom stereocenters. The molecule has 0 bridgehead atoms. The van der Waals surface area contributed by atoms with Gasteiger partial charge in [0.2, 0.25) is 0 Å². The fourth-order valence-corrected chi connectivity index (χ4v) is 2.32. The predicted molar refractivity (Wildman–Crippen MR) is 89.1 cm³/mol. The summed E-state index contributed by atoms with van der Waals surface area (Å²) < 4.78 is 5.87. The first kappa shape index (κ1) is 15.4. The smallest absolute Gasteiger partial charge is 0.121 e. The zero-order valence-electron chi connectivity index (χ0n) is 12.8. The zero-order valence-corrected chi connectivity index (χ0v) is 12.8. The first-order chi connectivity index (χ1) is 10.2. The predicted octanol–water partition coefficient (Wildman–Crippen LogP) is 3.26. The molecule has 112 valence electrons. The van der Waals surface area contributed by atoms with E-state index in [4.69, 9.17) is 10.5 Å². The van der Waals surface area contributed by atoms with Crippen LogP contribution in [0.4, 0.5) is 5.69 Å². The van der Waals surface area contributed by atoms with E-state index in [1.54, 1.807) is 0 Å². The highest BCUT2D eigenvalue weighted by Gasteiger charge is 2.09. The van der Waals surface area contributed by atoms with Crippen LogP contribution in [-0.2, 0) is 0 Å². The average Bonchev–Trinajstić information content (AvgIpc) is 2.53. The molecule has 0 amide bonds. The quantitative estimate of drug-likeness (QED) is 0.848. The molecule has 0 aromatic heterocycles. The Kier molecular flexibility index (Phi) is 5.64. The Morgan fingerprint density at radius 1 is 1.05 bits per heavy atom. The molecule has 1 atom stereocenters. The van der Waals surface area contributed by atoms with Crippen LogP contribution in [0.5, 0.6) is 5.75 Å². The number of anilines is 1. The van der Waals surface area contributed by atoms with Crippen molar-refractivity contribution in [1.82, 2.24) is 0 Å². The standard InChI is InChI=1S/C18H24N2O/c1-20(2)17-9-6-10-18(13-17)21-12-11-16(14-19)15-7-4-3-5-8-15/h3-10,13,16H,11-12,14,19H2,1-2H3. The fraction of sp³-hybridized carbons (Fsp3) is 0.333. The van der Waals surface area contributed by atoms with Crippen LogP contribution in [0.2, 0.25) is 0 Å². The summed E-state index contributed by atoms with van der Waals surface area (Å²) in [5.41, 5.74) is 8.31. The van der Waals surface area contributed by atoms with Crippen molar-refractivity contribution in [1.29, 1.82) is 0 Å². The van der Waals surface area contributed by atoms with Gasteiger partial charge in [-0.1, -0.05) is 36.4 Å². The molecule has 0 saturated carbocycles. The van der Waals surface area contributed by atoms with Gasteiger partial charge in [-0.3, -0.25) is 0 Å². The van der Waals surface area contributed by atoms with Crippen molar-refractivity contribution in [2.24, 2.45) is 5.73 Å². The Morgan fingerprint density at radius 2 is 1.81 bits per heavy atom. The summed E-state index contributed by atoms with van der Waals surface area (Å²) in [5.74, 6) is 1.26. The minimum atomic E-state index is 0.350. The molecule has 2 aromatic rings. The minimum Gasteiger partial charge on any atom is -0.493 e. The van der Waals surface area contributed by atoms with Crippen LogP contribution in [0.1, 0.15) is 17.9 Å². The van der Waals surface area contributed by atoms with Crippen LogP contribution in [0.15, 0.2) is 54.6 Å². The summed E-state index contributed by atoms with van der Waals surface area (Å²) in [5, 5.41) is 0. The van der Waals surface area contributed by atoms with E-state index in [9.17, 15) is 0 Å². The van der Waals surface area contributed by atoms with Crippen LogP contribution in [0.25, 0.3) is 0 Å². The minimum absolute atomic E-state index is 0.350. The molecule has 0 radical (unpaired) electrons. The van der Waals surface area contributed by atoms with E-state index in [1.165, 1.54) is 5.56 Å². The van der Waals surface area contributed by atoms with Crippen LogP contribution >= 0.6 is 0 Å². The average molecular weight is 284 g/mol. The van der Waals surface area contributed by atoms with Gasteiger partial charge in [-0.2, -0.15) is 0 Å². The van der Waals surface area contributed by atoms with Crippen molar-refractivity contribution in [2.75, 3.05) is 32.1 Å². The second-order valence-electron chi connectivity index (χ2n) is 5.37. The van der Waals surface area contributed by atoms with E-state index < -0.39 is 0 Å². The summed E-state index contributed by atoms with van der Waals surface area (Å²) >= 11 is 0. The number of hydrogen-bond donors (Lipinski definition) is 1. The molecule has 0 heterocycles. The molecule has 2 rings (SSSR count). The largest absolute Gasteiger partial charge is 0.493 e. The highest BCUT2D eigenvalue weighted by Crippen LogP contribution is 2.22. The third-order valence-electron chi connectivity index (χ3n) is 3.62. The van der Waals surface area contributed by atoms with Gasteiger partial charge in [-0.15, -0.1) is 0 Å². The topological polar surface area (TPSA) is 38.5 Å². The van der Waals surface area contributed by atoms with Crippen LogP contribution < -0.4 is 15.4 Å². The highest BCUT2D eigenvalue weighted by atomic mass is 16.5. The molecule has 21 heavy (non-hydrogen) atoms. The molecule has 0 aliphatic carbocycles. The third-order valence-corrected chi connectivity index (χ3v) is 3.62. The molecule has 0 aliphatic heterocycles. The maximum atomic E-state index is 5.89. The molecule has 3 heteroatoms. The van der Waals surface area contributed by atoms with Crippen molar-refractivity contribution in [3.8, 4) is 5.75 Å². The SMILES string of the molecule is CN(C)c1cccc(OCCC(CN)c2ccccc2)c1. The van der Waals surface area contributed by atoms with Crippen LogP contribution in [0.3, 0.4) is 0 Å². The van der Waals surface area contributed by atoms with E-state index in [-0.39, 0.29) is 0 Å². The molecule has 0 aliphatic rings. The van der Waals surface area contributed by atoms with E-state index >= 15 is 0 Å². The number of ether oxygens (including phenoxy) is 1. The van der Waals surface area contributed by atoms with Gasteiger partial charge in [0.25, 0.3) is 0 Å². The fourth-order valence-electron chi connectivity index (χ4n) is 2.32. The Balaban J connectivity index is 1.90. The van der Waals surface area contributed by atoms with E-state index in [0.29, 0.717) is 19.1 Å². The Labute approximate surface area is 127 Å². The van der Waals surface area contributed by atoms with Crippen molar-refractivity contribution >= 4 is 5.69 Å². The number of rotatable bonds is 7. The molecule has 2 aromatic carbocycles. The maximum absolute atomic E-state index is 5.89. The summed E-state index contributed by atoms with van der Waals surface area (Å²) in [7, 11) is 4.05. The van der Waals surface area contributed by atoms with Crippen LogP contribution in [0, 0.1) is 0 Å². The van der Waals surface area contributed by atoms with Gasteiger partial charge in [-0.25, -0.2) is 0 Å². The Bertz CT molecular complexity index is 540. The van der Waals surface area contributed by atoms with Gasteiger partial charge in [0.05, 0.1) is 6.61 Å². The van der Waals surface area contributed by atoms with Gasteiger partial charge >= 0.3 is 0 Å². The van der Waals surface area contributed by atoms with Gasteiger partial charge in [0.1, 0.15) is 5.75 Å². The first-order valence-corrected chi connectivity index (χ1v) is 7.36. The van der Waals surface area contributed by atoms with Crippen molar-refractivity contribution in [3.05, 3.63) is 60.2 Å². The second-order valence-corrected chi connectivity index (χ2v) is 5.37. The van der Waals surface area contributed by atoms with E-state index in [0.717, 1.165) is 17.9 Å². The van der Waals surface area contributed by atoms with E-state index in [2.05, 4.69) is 41.3 Å². The monoisotopic (exact) mass is 284 g/mol. The molecule has 3 nitrogen and oxygen atoms in total. The molecule has 0 saturated heterocycles. The Hall–Kier alpha value is -2.00. The molecule has 0 fully saturated rings. The first-order valence-electron chi connectivity index (χ1n) is 7.36.